The van der Waals surface area contributed by atoms with Gasteiger partial charge in [0.05, 0.1) is 0 Å². The maximum Gasteiger partial charge on any atom is 0.278 e. The van der Waals surface area contributed by atoms with E-state index in [4.69, 9.17) is 0 Å². The third-order valence-corrected chi connectivity index (χ3v) is 1.28. The number of rotatable bonds is 3. The second kappa shape index (κ2) is 3.73. The summed E-state index contributed by atoms with van der Waals surface area (Å²) >= 11 is 0. The highest BCUT2D eigenvalue weighted by molar-refractivity contribution is 5.14. The lowest BCUT2D eigenvalue weighted by atomic mass is 10.4. The van der Waals surface area contributed by atoms with Crippen LogP contribution in [0.25, 0.3) is 0 Å². The van der Waals surface area contributed by atoms with E-state index in [1.165, 1.54) is 0 Å². The standard InChI is InChI=1S/C8H8F3NO2/c1-8(10,11)5-14-7-2-6(9)3-12(13)4-7/h2-4H,5H2,1H3. The van der Waals surface area contributed by atoms with Gasteiger partial charge in [-0.1, -0.05) is 0 Å². The lowest BCUT2D eigenvalue weighted by molar-refractivity contribution is -0.607. The van der Waals surface area contributed by atoms with Crippen LogP contribution in [0.5, 0.6) is 5.75 Å². The number of nitrogens with zero attached hydrogens (tertiary/aromatic N) is 1. The predicted octanol–water partition coefficient (Wildman–Crippen LogP) is 1.49. The molecule has 0 saturated heterocycles. The monoisotopic (exact) mass is 207 g/mol. The molecule has 6 heteroatoms. The van der Waals surface area contributed by atoms with Crippen LogP contribution in [-0.4, -0.2) is 12.5 Å². The number of pyridine rings is 1. The molecule has 0 atom stereocenters. The highest BCUT2D eigenvalue weighted by atomic mass is 19.3. The third kappa shape index (κ3) is 3.51. The molecule has 78 valence electrons. The second-order valence-electron chi connectivity index (χ2n) is 2.91. The van der Waals surface area contributed by atoms with Crippen LogP contribution >= 0.6 is 0 Å². The van der Waals surface area contributed by atoms with Crippen LogP contribution in [-0.2, 0) is 0 Å². The number of aromatic nitrogens is 1. The van der Waals surface area contributed by atoms with Gasteiger partial charge in [-0.05, 0) is 0 Å². The van der Waals surface area contributed by atoms with Crippen LogP contribution in [0.1, 0.15) is 6.92 Å². The van der Waals surface area contributed by atoms with Gasteiger partial charge >= 0.3 is 0 Å². The summed E-state index contributed by atoms with van der Waals surface area (Å²) in [7, 11) is 0. The van der Waals surface area contributed by atoms with Gasteiger partial charge in [-0.25, -0.2) is 13.2 Å². The van der Waals surface area contributed by atoms with Crippen molar-refractivity contribution in [3.8, 4) is 5.75 Å². The van der Waals surface area contributed by atoms with Gasteiger partial charge in [-0.15, -0.1) is 0 Å². The zero-order valence-corrected chi connectivity index (χ0v) is 7.34. The largest absolute Gasteiger partial charge is 0.619 e. The Balaban J connectivity index is 2.68. The van der Waals surface area contributed by atoms with E-state index in [1.54, 1.807) is 0 Å². The van der Waals surface area contributed by atoms with Crippen molar-refractivity contribution in [1.29, 1.82) is 0 Å². The van der Waals surface area contributed by atoms with Gasteiger partial charge in [-0.3, -0.25) is 0 Å². The molecule has 0 amide bonds. The second-order valence-corrected chi connectivity index (χ2v) is 2.91. The number of hydrogen-bond acceptors (Lipinski definition) is 2. The molecule has 0 bridgehead atoms. The predicted molar refractivity (Wildman–Crippen MR) is 41.5 cm³/mol. The molecule has 1 aromatic rings. The highest BCUT2D eigenvalue weighted by Crippen LogP contribution is 2.15. The van der Waals surface area contributed by atoms with E-state index >= 15 is 0 Å². The van der Waals surface area contributed by atoms with Crippen LogP contribution in [0.2, 0.25) is 0 Å². The first-order chi connectivity index (χ1) is 6.37. The molecule has 1 heterocycles. The maximum atomic E-state index is 12.6. The first-order valence-electron chi connectivity index (χ1n) is 3.77. The van der Waals surface area contributed by atoms with E-state index in [0.29, 0.717) is 13.1 Å². The fourth-order valence-electron chi connectivity index (χ4n) is 0.784. The van der Waals surface area contributed by atoms with Crippen molar-refractivity contribution >= 4 is 0 Å². The Hall–Kier alpha value is -1.46. The molecule has 0 aliphatic rings. The fourth-order valence-corrected chi connectivity index (χ4v) is 0.784. The molecule has 0 radical (unpaired) electrons. The Morgan fingerprint density at radius 2 is 2.14 bits per heavy atom. The Bertz CT molecular complexity index is 305. The first-order valence-corrected chi connectivity index (χ1v) is 3.77. The molecule has 14 heavy (non-hydrogen) atoms. The molecule has 0 aliphatic carbocycles. The first kappa shape index (κ1) is 10.6. The average Bonchev–Trinajstić information content (AvgIpc) is 1.97. The van der Waals surface area contributed by atoms with Crippen molar-refractivity contribution in [2.24, 2.45) is 0 Å². The van der Waals surface area contributed by atoms with Crippen molar-refractivity contribution in [2.75, 3.05) is 6.61 Å². The number of hydrogen-bond donors (Lipinski definition) is 0. The molecule has 0 fully saturated rings. The van der Waals surface area contributed by atoms with E-state index in [2.05, 4.69) is 4.74 Å². The van der Waals surface area contributed by atoms with Gasteiger partial charge in [0, 0.05) is 13.0 Å². The molecular weight excluding hydrogens is 199 g/mol. The third-order valence-electron chi connectivity index (χ3n) is 1.28. The Morgan fingerprint density at radius 1 is 1.50 bits per heavy atom. The molecule has 0 N–H and O–H groups in total. The van der Waals surface area contributed by atoms with Crippen molar-refractivity contribution in [1.82, 2.24) is 0 Å². The van der Waals surface area contributed by atoms with Gasteiger partial charge in [0.15, 0.2) is 18.2 Å². The lowest BCUT2D eigenvalue weighted by Gasteiger charge is -2.11. The summed E-state index contributed by atoms with van der Waals surface area (Å²) in [6.07, 6.45) is 1.53. The molecule has 3 nitrogen and oxygen atoms in total. The summed E-state index contributed by atoms with van der Waals surface area (Å²) in [6, 6.07) is 0.861. The molecule has 0 aliphatic heterocycles. The van der Waals surface area contributed by atoms with Crippen molar-refractivity contribution < 1.29 is 22.6 Å². The Labute approximate surface area is 78.3 Å². The summed E-state index contributed by atoms with van der Waals surface area (Å²) in [4.78, 5) is 0. The minimum atomic E-state index is -3.01. The van der Waals surface area contributed by atoms with Gasteiger partial charge in [-0.2, -0.15) is 4.73 Å². The van der Waals surface area contributed by atoms with Crippen LogP contribution < -0.4 is 9.47 Å². The number of halogens is 3. The zero-order chi connectivity index (χ0) is 10.8. The van der Waals surface area contributed by atoms with Gasteiger partial charge in [0.2, 0.25) is 12.4 Å². The van der Waals surface area contributed by atoms with Crippen LogP contribution in [0.15, 0.2) is 18.5 Å². The molecule has 1 aromatic heterocycles. The van der Waals surface area contributed by atoms with Gasteiger partial charge in [0.1, 0.15) is 0 Å². The molecule has 0 aromatic carbocycles. The summed E-state index contributed by atoms with van der Waals surface area (Å²) in [6.45, 7) is -0.228. The van der Waals surface area contributed by atoms with E-state index in [-0.39, 0.29) is 10.5 Å². The molecule has 1 rings (SSSR count). The zero-order valence-electron chi connectivity index (χ0n) is 7.34. The topological polar surface area (TPSA) is 36.2 Å². The van der Waals surface area contributed by atoms with E-state index in [9.17, 15) is 18.4 Å². The Kier molecular flexibility index (Phi) is 2.83. The fraction of sp³-hybridized carbons (Fsp3) is 0.375. The molecule has 0 unspecified atom stereocenters. The normalized spacial score (nSPS) is 11.4. The quantitative estimate of drug-likeness (QED) is 0.556. The Morgan fingerprint density at radius 3 is 2.64 bits per heavy atom. The number of ether oxygens (including phenoxy) is 1. The molecule has 0 spiro atoms. The van der Waals surface area contributed by atoms with Crippen molar-refractivity contribution in [2.45, 2.75) is 12.8 Å². The number of alkyl halides is 2. The van der Waals surface area contributed by atoms with Crippen LogP contribution in [0.4, 0.5) is 13.2 Å². The summed E-state index contributed by atoms with van der Waals surface area (Å²) in [5.41, 5.74) is 0. The van der Waals surface area contributed by atoms with Gasteiger partial charge < -0.3 is 9.94 Å². The maximum absolute atomic E-state index is 12.6. The summed E-state index contributed by atoms with van der Waals surface area (Å²) in [5, 5.41) is 10.6. The molecule has 0 saturated carbocycles. The highest BCUT2D eigenvalue weighted by Gasteiger charge is 2.22. The SMILES string of the molecule is CC(F)(F)COc1cc(F)c[n+]([O-])c1. The minimum Gasteiger partial charge on any atom is -0.619 e. The smallest absolute Gasteiger partial charge is 0.278 e. The average molecular weight is 207 g/mol. The van der Waals surface area contributed by atoms with Crippen molar-refractivity contribution in [3.05, 3.63) is 29.5 Å². The lowest BCUT2D eigenvalue weighted by Crippen LogP contribution is -2.27. The van der Waals surface area contributed by atoms with Crippen LogP contribution in [0.3, 0.4) is 0 Å². The van der Waals surface area contributed by atoms with E-state index in [0.717, 1.165) is 12.3 Å². The van der Waals surface area contributed by atoms with Gasteiger partial charge in [0.25, 0.3) is 5.92 Å². The summed E-state index contributed by atoms with van der Waals surface area (Å²) in [5.74, 6) is -4.07. The van der Waals surface area contributed by atoms with Crippen molar-refractivity contribution in [3.63, 3.8) is 0 Å². The van der Waals surface area contributed by atoms with E-state index in [1.807, 2.05) is 0 Å². The summed E-state index contributed by atoms with van der Waals surface area (Å²) < 4.78 is 41.8. The minimum absolute atomic E-state index is 0.151. The van der Waals surface area contributed by atoms with Crippen LogP contribution in [0, 0.1) is 11.0 Å². The molecular formula is C8H8F3NO2. The van der Waals surface area contributed by atoms with E-state index < -0.39 is 18.3 Å².